The van der Waals surface area contributed by atoms with E-state index in [0.29, 0.717) is 25.7 Å². The number of aliphatic hydroxyl groups excluding tert-OH is 1. The number of unbranched alkanes of at least 4 members (excludes halogenated alkanes) is 58. The lowest BCUT2D eigenvalue weighted by Crippen LogP contribution is -2.30. The molecule has 0 spiro atoms. The van der Waals surface area contributed by atoms with Gasteiger partial charge in [0.1, 0.15) is 19.3 Å². The number of aliphatic hydroxyl groups is 1. The minimum atomic E-state index is -4.97. The van der Waals surface area contributed by atoms with Gasteiger partial charge < -0.3 is 33.8 Å². The predicted octanol–water partition coefficient (Wildman–Crippen LogP) is 26.4. The zero-order valence-electron chi connectivity index (χ0n) is 68.9. The third-order valence-electron chi connectivity index (χ3n) is 20.3. The molecule has 0 fully saturated rings. The van der Waals surface area contributed by atoms with Gasteiger partial charge in [-0.05, 0) is 31.6 Å². The fourth-order valence-corrected chi connectivity index (χ4v) is 15.1. The number of rotatable bonds is 86. The quantitative estimate of drug-likeness (QED) is 0.0222. The summed E-state index contributed by atoms with van der Waals surface area (Å²) in [5, 5.41) is 10.7. The SMILES string of the molecule is CCCCCCCCCCCCCCCCCCCCCC(=O)OC[C@H](COP(=O)(O)OC[C@@H](O)COP(=O)(O)OC[C@@H](COC(=O)CCCCCCCCCCCCCCC)OC(=O)CCCCCCCCCCCCCC(C)C)OC(=O)CCCCCCCCCCCCCCCCCCCCC. The summed E-state index contributed by atoms with van der Waals surface area (Å²) < 4.78 is 68.9. The van der Waals surface area contributed by atoms with E-state index in [0.717, 1.165) is 95.8 Å². The highest BCUT2D eigenvalue weighted by molar-refractivity contribution is 7.47. The summed E-state index contributed by atoms with van der Waals surface area (Å²) in [5.41, 5.74) is 0. The van der Waals surface area contributed by atoms with Gasteiger partial charge in [-0.1, -0.05) is 413 Å². The number of hydrogen-bond donors (Lipinski definition) is 3. The van der Waals surface area contributed by atoms with Gasteiger partial charge in [-0.25, -0.2) is 9.13 Å². The van der Waals surface area contributed by atoms with Crippen LogP contribution in [0.1, 0.15) is 465 Å². The minimum Gasteiger partial charge on any atom is -0.462 e. The standard InChI is InChI=1S/C86H168O17P2/c1-6-9-12-15-18-21-24-27-29-31-33-35-37-40-45-50-55-60-65-70-84(89)97-75-81(102-85(90)71-66-61-56-51-46-41-38-36-34-32-30-28-25-22-19-16-13-10-7-2)77-100-104(92,93)98-73-80(87)74-99-105(94,95)101-78-82(76-96-83(88)69-64-59-54-49-44-39-26-23-20-17-14-11-8-3)103-86(91)72-67-62-57-52-47-42-43-48-53-58-63-68-79(4)5/h79-82,87H,6-78H2,1-5H3,(H,92,93)(H,94,95)/t80-,81-,82-/m1/s1. The second-order valence-corrected chi connectivity index (χ2v) is 34.3. The van der Waals surface area contributed by atoms with Crippen molar-refractivity contribution >= 4 is 39.5 Å². The summed E-state index contributed by atoms with van der Waals surface area (Å²) in [5.74, 6) is -1.33. The third-order valence-corrected chi connectivity index (χ3v) is 22.2. The van der Waals surface area contributed by atoms with Crippen LogP contribution in [-0.2, 0) is 65.4 Å². The molecular weight excluding hydrogens is 1370 g/mol. The van der Waals surface area contributed by atoms with Gasteiger partial charge in [-0.3, -0.25) is 37.3 Å². The monoisotopic (exact) mass is 1540 g/mol. The lowest BCUT2D eigenvalue weighted by atomic mass is 10.0. The number of carbonyl (C=O) groups excluding carboxylic acids is 4. The zero-order chi connectivity index (χ0) is 76.9. The molecule has 0 rings (SSSR count). The second-order valence-electron chi connectivity index (χ2n) is 31.4. The van der Waals surface area contributed by atoms with E-state index in [-0.39, 0.29) is 25.7 Å². The van der Waals surface area contributed by atoms with Crippen molar-refractivity contribution in [1.29, 1.82) is 0 Å². The van der Waals surface area contributed by atoms with E-state index >= 15 is 0 Å². The fourth-order valence-electron chi connectivity index (χ4n) is 13.5. The van der Waals surface area contributed by atoms with Gasteiger partial charge in [0, 0.05) is 25.7 Å². The molecule has 3 N–H and O–H groups in total. The average molecular weight is 1540 g/mol. The van der Waals surface area contributed by atoms with Crippen molar-refractivity contribution in [1.82, 2.24) is 0 Å². The fraction of sp³-hybridized carbons (Fsp3) is 0.953. The molecule has 0 saturated heterocycles. The summed E-state index contributed by atoms with van der Waals surface area (Å²) in [4.78, 5) is 73.3. The Morgan fingerprint density at radius 1 is 0.257 bits per heavy atom. The first-order valence-electron chi connectivity index (χ1n) is 44.6. The highest BCUT2D eigenvalue weighted by atomic mass is 31.2. The van der Waals surface area contributed by atoms with Gasteiger partial charge in [0.15, 0.2) is 12.2 Å². The minimum absolute atomic E-state index is 0.107. The largest absolute Gasteiger partial charge is 0.472 e. The molecule has 0 aliphatic heterocycles. The maximum Gasteiger partial charge on any atom is 0.472 e. The van der Waals surface area contributed by atoms with E-state index in [4.69, 9.17) is 37.0 Å². The van der Waals surface area contributed by atoms with Gasteiger partial charge in [0.2, 0.25) is 0 Å². The average Bonchev–Trinajstić information content (AvgIpc) is 0.909. The summed E-state index contributed by atoms with van der Waals surface area (Å²) in [6.07, 6.45) is 72.1. The molecule has 0 saturated carbocycles. The Kier molecular flexibility index (Phi) is 77.3. The molecule has 2 unspecified atom stereocenters. The Hall–Kier alpha value is -1.94. The first-order chi connectivity index (χ1) is 51.0. The molecule has 0 amide bonds. The molecule has 5 atom stereocenters. The van der Waals surface area contributed by atoms with Crippen molar-refractivity contribution in [2.75, 3.05) is 39.6 Å². The number of ether oxygens (including phenoxy) is 4. The first kappa shape index (κ1) is 103. The molecule has 0 aliphatic carbocycles. The molecule has 0 aromatic carbocycles. The number of phosphoric ester groups is 2. The van der Waals surface area contributed by atoms with E-state index in [2.05, 4.69) is 34.6 Å². The first-order valence-corrected chi connectivity index (χ1v) is 47.6. The Morgan fingerprint density at radius 3 is 0.648 bits per heavy atom. The smallest absolute Gasteiger partial charge is 0.462 e. The normalized spacial score (nSPS) is 13.8. The molecule has 19 heteroatoms. The van der Waals surface area contributed by atoms with E-state index < -0.39 is 97.5 Å². The lowest BCUT2D eigenvalue weighted by Gasteiger charge is -2.21. The maximum absolute atomic E-state index is 13.2. The van der Waals surface area contributed by atoms with Crippen LogP contribution in [0.5, 0.6) is 0 Å². The molecule has 17 nitrogen and oxygen atoms in total. The Labute approximate surface area is 645 Å². The van der Waals surface area contributed by atoms with Crippen LogP contribution in [0.15, 0.2) is 0 Å². The molecule has 0 radical (unpaired) electrons. The summed E-state index contributed by atoms with van der Waals surface area (Å²) in [6, 6.07) is 0. The Bertz CT molecular complexity index is 2000. The maximum atomic E-state index is 13.2. The van der Waals surface area contributed by atoms with Crippen molar-refractivity contribution in [2.24, 2.45) is 5.92 Å². The van der Waals surface area contributed by atoms with Crippen LogP contribution in [0.25, 0.3) is 0 Å². The third kappa shape index (κ3) is 79.9. The highest BCUT2D eigenvalue weighted by Crippen LogP contribution is 2.45. The van der Waals surface area contributed by atoms with Gasteiger partial charge in [0.25, 0.3) is 0 Å². The zero-order valence-corrected chi connectivity index (χ0v) is 70.7. The Morgan fingerprint density at radius 2 is 0.438 bits per heavy atom. The molecular formula is C86H168O17P2. The van der Waals surface area contributed by atoms with Crippen LogP contribution >= 0.6 is 15.6 Å². The number of hydrogen-bond acceptors (Lipinski definition) is 15. The van der Waals surface area contributed by atoms with Crippen molar-refractivity contribution in [3.05, 3.63) is 0 Å². The summed E-state index contributed by atoms with van der Waals surface area (Å²) >= 11 is 0. The molecule has 0 aromatic heterocycles. The van der Waals surface area contributed by atoms with Gasteiger partial charge in [-0.15, -0.1) is 0 Å². The topological polar surface area (TPSA) is 237 Å². The Balaban J connectivity index is 5.25. The molecule has 624 valence electrons. The predicted molar refractivity (Wildman–Crippen MR) is 432 cm³/mol. The van der Waals surface area contributed by atoms with Crippen LogP contribution in [-0.4, -0.2) is 96.7 Å². The van der Waals surface area contributed by atoms with Crippen molar-refractivity contribution in [3.8, 4) is 0 Å². The lowest BCUT2D eigenvalue weighted by molar-refractivity contribution is -0.161. The molecule has 0 aliphatic rings. The van der Waals surface area contributed by atoms with Gasteiger partial charge >= 0.3 is 39.5 Å². The van der Waals surface area contributed by atoms with Crippen LogP contribution in [0, 0.1) is 5.92 Å². The van der Waals surface area contributed by atoms with E-state index in [9.17, 15) is 43.2 Å². The summed E-state index contributed by atoms with van der Waals surface area (Å²) in [7, 11) is -9.93. The molecule has 0 bridgehead atoms. The van der Waals surface area contributed by atoms with Crippen molar-refractivity contribution in [3.63, 3.8) is 0 Å². The number of phosphoric acid groups is 2. The molecule has 0 heterocycles. The highest BCUT2D eigenvalue weighted by Gasteiger charge is 2.30. The number of esters is 4. The van der Waals surface area contributed by atoms with Crippen LogP contribution in [0.3, 0.4) is 0 Å². The van der Waals surface area contributed by atoms with Crippen molar-refractivity contribution in [2.45, 2.75) is 483 Å². The van der Waals surface area contributed by atoms with E-state index in [1.807, 2.05) is 0 Å². The van der Waals surface area contributed by atoms with Crippen LogP contribution in [0.4, 0.5) is 0 Å². The van der Waals surface area contributed by atoms with Gasteiger partial charge in [-0.2, -0.15) is 0 Å². The van der Waals surface area contributed by atoms with E-state index in [1.165, 1.54) is 289 Å². The van der Waals surface area contributed by atoms with Crippen LogP contribution in [0.2, 0.25) is 0 Å². The molecule has 105 heavy (non-hydrogen) atoms. The van der Waals surface area contributed by atoms with Crippen molar-refractivity contribution < 1.29 is 80.2 Å². The van der Waals surface area contributed by atoms with Crippen LogP contribution < -0.4 is 0 Å². The second kappa shape index (κ2) is 78.7. The molecule has 0 aromatic rings. The van der Waals surface area contributed by atoms with Gasteiger partial charge in [0.05, 0.1) is 26.4 Å². The van der Waals surface area contributed by atoms with E-state index in [1.54, 1.807) is 0 Å². The number of carbonyl (C=O) groups is 4. The summed E-state index contributed by atoms with van der Waals surface area (Å²) in [6.45, 7) is 7.37.